The predicted molar refractivity (Wildman–Crippen MR) is 117 cm³/mol. The zero-order chi connectivity index (χ0) is 21.3. The van der Waals surface area contributed by atoms with Crippen LogP contribution in [-0.2, 0) is 21.2 Å². The zero-order valence-electron chi connectivity index (χ0n) is 17.4. The molecule has 2 aromatic carbocycles. The van der Waals surface area contributed by atoms with Crippen LogP contribution in [0.3, 0.4) is 0 Å². The van der Waals surface area contributed by atoms with Gasteiger partial charge in [-0.2, -0.15) is 17.6 Å². The predicted octanol–water partition coefficient (Wildman–Crippen LogP) is 4.67. The van der Waals surface area contributed by atoms with Crippen LogP contribution in [-0.4, -0.2) is 23.4 Å². The molecule has 3 aromatic rings. The molecule has 0 N–H and O–H groups in total. The summed E-state index contributed by atoms with van der Waals surface area (Å²) in [5.41, 5.74) is 5.85. The normalized spacial score (nSPS) is 21.2. The summed E-state index contributed by atoms with van der Waals surface area (Å²) in [7, 11) is -3.76. The summed E-state index contributed by atoms with van der Waals surface area (Å²) in [6, 6.07) is 10.7. The van der Waals surface area contributed by atoms with Crippen LogP contribution in [0.1, 0.15) is 49.8 Å². The molecule has 0 saturated carbocycles. The van der Waals surface area contributed by atoms with Crippen molar-refractivity contribution in [1.29, 1.82) is 0 Å². The molecule has 1 aromatic heterocycles. The van der Waals surface area contributed by atoms with E-state index in [4.69, 9.17) is 0 Å². The van der Waals surface area contributed by atoms with E-state index in [2.05, 4.69) is 12.0 Å². The molecule has 0 saturated heterocycles. The summed E-state index contributed by atoms with van der Waals surface area (Å²) in [5.74, 6) is 0.222. The highest BCUT2D eigenvalue weighted by Gasteiger charge is 2.45. The van der Waals surface area contributed by atoms with Gasteiger partial charge >= 0.3 is 0 Å². The van der Waals surface area contributed by atoms with Crippen LogP contribution in [0.2, 0.25) is 0 Å². The van der Waals surface area contributed by atoms with E-state index < -0.39 is 10.0 Å². The van der Waals surface area contributed by atoms with Crippen LogP contribution in [0.15, 0.2) is 53.1 Å². The minimum absolute atomic E-state index is 0.0352. The van der Waals surface area contributed by atoms with Gasteiger partial charge in [-0.1, -0.05) is 30.7 Å². The minimum Gasteiger partial charge on any atom is -0.295 e. The number of carbonyl (C=O) groups is 1. The fraction of sp³-hybridized carbons (Fsp3) is 0.333. The van der Waals surface area contributed by atoms with Crippen molar-refractivity contribution in [2.45, 2.75) is 51.3 Å². The van der Waals surface area contributed by atoms with Crippen molar-refractivity contribution >= 4 is 32.3 Å². The quantitative estimate of drug-likeness (QED) is 0.617. The second-order valence-corrected chi connectivity index (χ2v) is 10.4. The molecule has 0 amide bonds. The summed E-state index contributed by atoms with van der Waals surface area (Å²) >= 11 is 0. The first-order valence-corrected chi connectivity index (χ1v) is 11.8. The van der Waals surface area contributed by atoms with Crippen molar-refractivity contribution in [3.63, 3.8) is 0 Å². The van der Waals surface area contributed by atoms with Crippen LogP contribution in [0.4, 0.5) is 0 Å². The molecule has 5 nitrogen and oxygen atoms in total. The largest absolute Gasteiger partial charge is 0.295 e. The monoisotopic (exact) mass is 420 g/mol. The van der Waals surface area contributed by atoms with Gasteiger partial charge in [-0.05, 0) is 73.6 Å². The van der Waals surface area contributed by atoms with E-state index in [0.717, 1.165) is 56.6 Å². The fourth-order valence-corrected chi connectivity index (χ4v) is 6.31. The van der Waals surface area contributed by atoms with E-state index in [0.29, 0.717) is 11.9 Å². The molecule has 0 aliphatic heterocycles. The number of aromatic nitrogens is 2. The van der Waals surface area contributed by atoms with E-state index in [1.165, 1.54) is 0 Å². The average molecular weight is 421 g/mol. The molecule has 0 radical (unpaired) electrons. The lowest BCUT2D eigenvalue weighted by molar-refractivity contribution is -0.116. The number of ketones is 1. The van der Waals surface area contributed by atoms with E-state index in [1.54, 1.807) is 30.5 Å². The summed E-state index contributed by atoms with van der Waals surface area (Å²) in [5, 5.41) is 5.27. The molecule has 0 spiro atoms. The number of nitrogens with zero attached hydrogens (tertiary/aromatic N) is 2. The van der Waals surface area contributed by atoms with Crippen molar-refractivity contribution in [1.82, 2.24) is 9.19 Å². The molecule has 0 bridgehead atoms. The molecule has 30 heavy (non-hydrogen) atoms. The van der Waals surface area contributed by atoms with Gasteiger partial charge in [0.05, 0.1) is 16.6 Å². The minimum atomic E-state index is -3.76. The van der Waals surface area contributed by atoms with Crippen molar-refractivity contribution in [3.05, 3.63) is 64.9 Å². The second-order valence-electron chi connectivity index (χ2n) is 8.58. The number of aryl methyl sites for hydroxylation is 1. The standard InChI is InChI=1S/C24H24N2O3S/c1-4-24-12-11-22(27)16(3)23(24)18-9-10-21-20(19(18)13-24)14-26(25-21)30(28,29)17-7-5-15(2)6-8-17/h5-10,14H,4,11-13H2,1-3H3. The molecule has 0 fully saturated rings. The lowest BCUT2D eigenvalue weighted by atomic mass is 9.68. The Morgan fingerprint density at radius 2 is 1.83 bits per heavy atom. The van der Waals surface area contributed by atoms with Gasteiger partial charge in [-0.15, -0.1) is 0 Å². The molecule has 6 heteroatoms. The van der Waals surface area contributed by atoms with Crippen molar-refractivity contribution in [2.24, 2.45) is 5.41 Å². The Bertz CT molecular complexity index is 1350. The molecule has 2 aliphatic carbocycles. The molecule has 1 unspecified atom stereocenters. The highest BCUT2D eigenvalue weighted by molar-refractivity contribution is 7.89. The first kappa shape index (κ1) is 19.2. The number of Topliss-reactive ketones (excluding diaryl/α,β-unsaturated/α-hetero) is 1. The Kier molecular flexibility index (Phi) is 4.09. The molecule has 5 rings (SSSR count). The summed E-state index contributed by atoms with van der Waals surface area (Å²) in [4.78, 5) is 12.7. The van der Waals surface area contributed by atoms with Gasteiger partial charge in [0.25, 0.3) is 10.0 Å². The summed E-state index contributed by atoms with van der Waals surface area (Å²) < 4.78 is 27.3. The topological polar surface area (TPSA) is 69.0 Å². The van der Waals surface area contributed by atoms with E-state index in [1.807, 2.05) is 26.0 Å². The van der Waals surface area contributed by atoms with Crippen LogP contribution in [0, 0.1) is 12.3 Å². The number of benzene rings is 2. The highest BCUT2D eigenvalue weighted by atomic mass is 32.2. The Balaban J connectivity index is 1.70. The van der Waals surface area contributed by atoms with Crippen molar-refractivity contribution < 1.29 is 13.2 Å². The van der Waals surface area contributed by atoms with Gasteiger partial charge in [-0.3, -0.25) is 4.79 Å². The number of allylic oxidation sites excluding steroid dienone is 2. The molecular formula is C24H24N2O3S. The fourth-order valence-electron chi connectivity index (χ4n) is 5.18. The van der Waals surface area contributed by atoms with Gasteiger partial charge in [-0.25, -0.2) is 0 Å². The molecule has 2 aliphatic rings. The Labute approximate surface area is 176 Å². The molecule has 1 heterocycles. The van der Waals surface area contributed by atoms with Crippen LogP contribution in [0.25, 0.3) is 16.5 Å². The molecular weight excluding hydrogens is 396 g/mol. The van der Waals surface area contributed by atoms with Crippen molar-refractivity contribution in [3.8, 4) is 0 Å². The lowest BCUT2D eigenvalue weighted by Gasteiger charge is -2.34. The Morgan fingerprint density at radius 3 is 2.53 bits per heavy atom. The van der Waals surface area contributed by atoms with E-state index in [-0.39, 0.29) is 16.1 Å². The smallest absolute Gasteiger partial charge is 0.282 e. The molecule has 1 atom stereocenters. The number of fused-ring (bicyclic) bond motifs is 5. The lowest BCUT2D eigenvalue weighted by Crippen LogP contribution is -2.27. The van der Waals surface area contributed by atoms with E-state index >= 15 is 0 Å². The summed E-state index contributed by atoms with van der Waals surface area (Å²) in [6.45, 7) is 6.04. The van der Waals surface area contributed by atoms with Gasteiger partial charge in [0.1, 0.15) is 0 Å². The van der Waals surface area contributed by atoms with Gasteiger partial charge in [0.15, 0.2) is 5.78 Å². The van der Waals surface area contributed by atoms with Crippen molar-refractivity contribution in [2.75, 3.05) is 0 Å². The third kappa shape index (κ3) is 2.56. The van der Waals surface area contributed by atoms with Gasteiger partial charge < -0.3 is 0 Å². The van der Waals surface area contributed by atoms with Crippen LogP contribution >= 0.6 is 0 Å². The Hall–Kier alpha value is -2.73. The van der Waals surface area contributed by atoms with Gasteiger partial charge in [0.2, 0.25) is 0 Å². The number of rotatable bonds is 3. The number of carbonyl (C=O) groups excluding carboxylic acids is 1. The maximum Gasteiger partial charge on any atom is 0.282 e. The Morgan fingerprint density at radius 1 is 1.10 bits per heavy atom. The van der Waals surface area contributed by atoms with Gasteiger partial charge in [0, 0.05) is 17.2 Å². The zero-order valence-corrected chi connectivity index (χ0v) is 18.2. The van der Waals surface area contributed by atoms with Crippen LogP contribution < -0.4 is 0 Å². The highest BCUT2D eigenvalue weighted by Crippen LogP contribution is 2.56. The number of hydrogen-bond donors (Lipinski definition) is 0. The average Bonchev–Trinajstić information content (AvgIpc) is 3.31. The third-order valence-corrected chi connectivity index (χ3v) is 8.51. The first-order chi connectivity index (χ1) is 14.3. The molecule has 154 valence electrons. The first-order valence-electron chi connectivity index (χ1n) is 10.4. The second kappa shape index (κ2) is 6.38. The maximum atomic E-state index is 13.1. The van der Waals surface area contributed by atoms with Crippen LogP contribution in [0.5, 0.6) is 0 Å². The number of hydrogen-bond acceptors (Lipinski definition) is 4. The third-order valence-electron chi connectivity index (χ3n) is 6.96. The van der Waals surface area contributed by atoms with E-state index in [9.17, 15) is 13.2 Å². The summed E-state index contributed by atoms with van der Waals surface area (Å²) in [6.07, 6.45) is 4.86. The SMILES string of the molecule is CCC12CCC(=O)C(C)=C1c1ccc3nn(S(=O)(=O)c4ccc(C)cc4)cc3c1C2. The maximum absolute atomic E-state index is 13.1.